The summed E-state index contributed by atoms with van der Waals surface area (Å²) in [6, 6.07) is 11.6. The molecule has 27 heavy (non-hydrogen) atoms. The highest BCUT2D eigenvalue weighted by Gasteiger charge is 2.53. The van der Waals surface area contributed by atoms with Crippen molar-refractivity contribution in [2.75, 3.05) is 16.4 Å². The SMILES string of the molecule is Cc1ccc(N2C(=O)N(Cc3ccccc3Cl)[C@@H]3CS(=O)(=O)C[C@@H]32)cc1Cl. The fourth-order valence-corrected chi connectivity index (χ4v) is 6.13. The van der Waals surface area contributed by atoms with Crippen LogP contribution in [-0.2, 0) is 16.4 Å². The summed E-state index contributed by atoms with van der Waals surface area (Å²) < 4.78 is 24.6. The van der Waals surface area contributed by atoms with E-state index in [1.165, 1.54) is 0 Å². The van der Waals surface area contributed by atoms with Crippen molar-refractivity contribution in [3.05, 3.63) is 63.6 Å². The molecule has 0 spiro atoms. The van der Waals surface area contributed by atoms with Crippen LogP contribution in [0.3, 0.4) is 0 Å². The molecule has 2 amide bonds. The van der Waals surface area contributed by atoms with E-state index in [1.807, 2.05) is 31.2 Å². The number of fused-ring (bicyclic) bond motifs is 1. The fourth-order valence-electron chi connectivity index (χ4n) is 3.81. The molecule has 8 heteroatoms. The number of benzene rings is 2. The molecular formula is C19H18Cl2N2O3S. The summed E-state index contributed by atoms with van der Waals surface area (Å²) in [7, 11) is -3.22. The zero-order valence-electron chi connectivity index (χ0n) is 14.6. The molecule has 0 unspecified atom stereocenters. The Morgan fingerprint density at radius 1 is 1.04 bits per heavy atom. The van der Waals surface area contributed by atoms with Crippen molar-refractivity contribution in [1.82, 2.24) is 4.90 Å². The molecule has 0 saturated carbocycles. The van der Waals surface area contributed by atoms with Gasteiger partial charge >= 0.3 is 6.03 Å². The molecule has 4 rings (SSSR count). The fraction of sp³-hybridized carbons (Fsp3) is 0.316. The van der Waals surface area contributed by atoms with Gasteiger partial charge in [-0.15, -0.1) is 0 Å². The Hall–Kier alpha value is -1.76. The number of urea groups is 1. The van der Waals surface area contributed by atoms with Crippen LogP contribution in [0.2, 0.25) is 10.0 Å². The molecule has 2 aromatic rings. The third-order valence-electron chi connectivity index (χ3n) is 5.21. The number of anilines is 1. The Morgan fingerprint density at radius 3 is 2.44 bits per heavy atom. The van der Waals surface area contributed by atoms with Crippen LogP contribution in [0.25, 0.3) is 0 Å². The molecule has 0 N–H and O–H groups in total. The van der Waals surface area contributed by atoms with E-state index < -0.39 is 21.9 Å². The van der Waals surface area contributed by atoms with Gasteiger partial charge in [-0.05, 0) is 36.2 Å². The molecule has 0 aromatic heterocycles. The Labute approximate surface area is 168 Å². The average Bonchev–Trinajstić information content (AvgIpc) is 3.03. The van der Waals surface area contributed by atoms with Crippen molar-refractivity contribution < 1.29 is 13.2 Å². The number of carbonyl (C=O) groups is 1. The summed E-state index contributed by atoms with van der Waals surface area (Å²) >= 11 is 12.5. The van der Waals surface area contributed by atoms with Crippen LogP contribution in [0.15, 0.2) is 42.5 Å². The van der Waals surface area contributed by atoms with Crippen molar-refractivity contribution >= 4 is 44.8 Å². The zero-order valence-corrected chi connectivity index (χ0v) is 16.9. The summed E-state index contributed by atoms with van der Waals surface area (Å²) in [5.41, 5.74) is 2.30. The molecule has 2 atom stereocenters. The summed E-state index contributed by atoms with van der Waals surface area (Å²) in [5, 5.41) is 1.10. The minimum atomic E-state index is -3.22. The molecule has 0 bridgehead atoms. The van der Waals surface area contributed by atoms with Crippen LogP contribution in [0, 0.1) is 6.92 Å². The number of halogens is 2. The zero-order chi connectivity index (χ0) is 19.3. The van der Waals surface area contributed by atoms with Crippen molar-refractivity contribution in [3.8, 4) is 0 Å². The predicted octanol–water partition coefficient (Wildman–Crippen LogP) is 3.91. The lowest BCUT2D eigenvalue weighted by Crippen LogP contribution is -2.37. The lowest BCUT2D eigenvalue weighted by Gasteiger charge is -2.23. The van der Waals surface area contributed by atoms with Gasteiger partial charge in [0.2, 0.25) is 0 Å². The van der Waals surface area contributed by atoms with Gasteiger partial charge in [-0.25, -0.2) is 13.2 Å². The largest absolute Gasteiger partial charge is 0.325 e. The van der Waals surface area contributed by atoms with Crippen molar-refractivity contribution in [2.24, 2.45) is 0 Å². The summed E-state index contributed by atoms with van der Waals surface area (Å²) in [6.07, 6.45) is 0. The Bertz CT molecular complexity index is 1030. The molecule has 142 valence electrons. The number of amides is 2. The Balaban J connectivity index is 1.74. The molecular weight excluding hydrogens is 407 g/mol. The first kappa shape index (κ1) is 18.6. The number of carbonyl (C=O) groups excluding carboxylic acids is 1. The van der Waals surface area contributed by atoms with Gasteiger partial charge in [-0.2, -0.15) is 0 Å². The lowest BCUT2D eigenvalue weighted by molar-refractivity contribution is 0.206. The quantitative estimate of drug-likeness (QED) is 0.701. The van der Waals surface area contributed by atoms with Crippen LogP contribution < -0.4 is 4.90 Å². The van der Waals surface area contributed by atoms with Gasteiger partial charge in [0, 0.05) is 22.3 Å². The third-order valence-corrected chi connectivity index (χ3v) is 7.68. The van der Waals surface area contributed by atoms with E-state index >= 15 is 0 Å². The highest BCUT2D eigenvalue weighted by Crippen LogP contribution is 2.37. The maximum atomic E-state index is 13.2. The Morgan fingerprint density at radius 2 is 1.74 bits per heavy atom. The number of rotatable bonds is 3. The van der Waals surface area contributed by atoms with Gasteiger partial charge in [0.25, 0.3) is 0 Å². The molecule has 0 aliphatic carbocycles. The van der Waals surface area contributed by atoms with Gasteiger partial charge in [0.15, 0.2) is 9.84 Å². The van der Waals surface area contributed by atoms with E-state index in [9.17, 15) is 13.2 Å². The first-order chi connectivity index (χ1) is 12.8. The van der Waals surface area contributed by atoms with Crippen molar-refractivity contribution in [1.29, 1.82) is 0 Å². The van der Waals surface area contributed by atoms with Crippen molar-refractivity contribution in [3.63, 3.8) is 0 Å². The maximum absolute atomic E-state index is 13.2. The molecule has 2 saturated heterocycles. The van der Waals surface area contributed by atoms with E-state index in [-0.39, 0.29) is 24.1 Å². The topological polar surface area (TPSA) is 57.7 Å². The average molecular weight is 425 g/mol. The number of sulfone groups is 1. The van der Waals surface area contributed by atoms with Crippen LogP contribution in [0.1, 0.15) is 11.1 Å². The van der Waals surface area contributed by atoms with Gasteiger partial charge in [0.05, 0.1) is 23.6 Å². The highest BCUT2D eigenvalue weighted by atomic mass is 35.5. The van der Waals surface area contributed by atoms with Gasteiger partial charge in [-0.3, -0.25) is 4.90 Å². The first-order valence-corrected chi connectivity index (χ1v) is 11.1. The molecule has 2 heterocycles. The molecule has 2 fully saturated rings. The van der Waals surface area contributed by atoms with E-state index in [1.54, 1.807) is 28.0 Å². The van der Waals surface area contributed by atoms with Crippen LogP contribution in [-0.4, -0.2) is 42.9 Å². The molecule has 0 radical (unpaired) electrons. The normalized spacial score (nSPS) is 23.7. The molecule has 2 aliphatic rings. The molecule has 2 aliphatic heterocycles. The van der Waals surface area contributed by atoms with Crippen LogP contribution in [0.4, 0.5) is 10.5 Å². The van der Waals surface area contributed by atoms with E-state index in [0.29, 0.717) is 15.7 Å². The van der Waals surface area contributed by atoms with Crippen LogP contribution >= 0.6 is 23.2 Å². The monoisotopic (exact) mass is 424 g/mol. The second-order valence-electron chi connectivity index (χ2n) is 7.02. The minimum Gasteiger partial charge on any atom is -0.314 e. The third kappa shape index (κ3) is 3.30. The standard InChI is InChI=1S/C19H18Cl2N2O3S/c1-12-6-7-14(8-16(12)21)23-18-11-27(25,26)10-17(18)22(19(23)24)9-13-4-2-3-5-15(13)20/h2-8,17-18H,9-11H2,1H3/t17-,18+/m1/s1. The number of aryl methyl sites for hydroxylation is 1. The van der Waals surface area contributed by atoms with Crippen molar-refractivity contribution in [2.45, 2.75) is 25.6 Å². The predicted molar refractivity (Wildman–Crippen MR) is 107 cm³/mol. The minimum absolute atomic E-state index is 0.0377. The van der Waals surface area contributed by atoms with Gasteiger partial charge in [0.1, 0.15) is 0 Å². The second-order valence-corrected chi connectivity index (χ2v) is 9.99. The summed E-state index contributed by atoms with van der Waals surface area (Å²) in [4.78, 5) is 16.4. The molecule has 5 nitrogen and oxygen atoms in total. The number of hydrogen-bond acceptors (Lipinski definition) is 3. The van der Waals surface area contributed by atoms with Gasteiger partial charge in [-0.1, -0.05) is 47.5 Å². The smallest absolute Gasteiger partial charge is 0.314 e. The van der Waals surface area contributed by atoms with E-state index in [0.717, 1.165) is 11.1 Å². The number of nitrogens with zero attached hydrogens (tertiary/aromatic N) is 2. The second kappa shape index (κ2) is 6.69. The number of hydrogen-bond donors (Lipinski definition) is 0. The van der Waals surface area contributed by atoms with E-state index in [4.69, 9.17) is 23.2 Å². The van der Waals surface area contributed by atoms with E-state index in [2.05, 4.69) is 0 Å². The molecule has 2 aromatic carbocycles. The van der Waals surface area contributed by atoms with Gasteiger partial charge < -0.3 is 4.90 Å². The maximum Gasteiger partial charge on any atom is 0.325 e. The van der Waals surface area contributed by atoms with Crippen LogP contribution in [0.5, 0.6) is 0 Å². The summed E-state index contributed by atoms with van der Waals surface area (Å²) in [5.74, 6) is -0.0854. The summed E-state index contributed by atoms with van der Waals surface area (Å²) in [6.45, 7) is 2.15. The lowest BCUT2D eigenvalue weighted by atomic mass is 10.1. The Kier molecular flexibility index (Phi) is 4.61. The first-order valence-electron chi connectivity index (χ1n) is 8.56. The highest BCUT2D eigenvalue weighted by molar-refractivity contribution is 7.91.